The molecule has 0 atom stereocenters. The summed E-state index contributed by atoms with van der Waals surface area (Å²) >= 11 is 0. The largest absolute Gasteiger partial charge is 0.283 e. The number of rotatable bonds is 6. The van der Waals surface area contributed by atoms with Crippen LogP contribution in [0.25, 0.3) is 0 Å². The van der Waals surface area contributed by atoms with Gasteiger partial charge in [-0.05, 0) is 30.7 Å². The lowest BCUT2D eigenvalue weighted by Crippen LogP contribution is -2.22. The van der Waals surface area contributed by atoms with Crippen LogP contribution < -0.4 is 4.72 Å². The first kappa shape index (κ1) is 18.2. The summed E-state index contributed by atoms with van der Waals surface area (Å²) in [5.41, 5.74) is 0.507. The normalized spacial score (nSPS) is 13.1. The Balaban J connectivity index is 2.99. The van der Waals surface area contributed by atoms with Gasteiger partial charge < -0.3 is 0 Å². The number of benzene rings is 1. The average molecular weight is 376 g/mol. The van der Waals surface area contributed by atoms with Crippen molar-refractivity contribution in [2.45, 2.75) is 11.8 Å². The highest BCUT2D eigenvalue weighted by Gasteiger charge is 2.17. The summed E-state index contributed by atoms with van der Waals surface area (Å²) in [5.74, 6) is -1.09. The Morgan fingerprint density at radius 2 is 1.62 bits per heavy atom. The predicted molar refractivity (Wildman–Crippen MR) is 81.3 cm³/mol. The number of hydrogen-bond donors (Lipinski definition) is 1. The highest BCUT2D eigenvalue weighted by atomic mass is 35.7. The molecule has 0 aromatic heterocycles. The summed E-state index contributed by atoms with van der Waals surface area (Å²) in [4.78, 5) is -0.152. The van der Waals surface area contributed by atoms with E-state index in [1.54, 1.807) is 0 Å². The summed E-state index contributed by atoms with van der Waals surface area (Å²) in [5, 5.41) is 0. The van der Waals surface area contributed by atoms with Crippen LogP contribution in [-0.4, -0.2) is 43.0 Å². The lowest BCUT2D eigenvalue weighted by atomic mass is 10.2. The first-order valence-electron chi connectivity index (χ1n) is 5.54. The smallest absolute Gasteiger partial charge is 0.261 e. The molecule has 0 heterocycles. The number of hydrogen-bond acceptors (Lipinski definition) is 6. The summed E-state index contributed by atoms with van der Waals surface area (Å²) in [6.45, 7) is 1.50. The van der Waals surface area contributed by atoms with Gasteiger partial charge in [-0.2, -0.15) is 0 Å². The van der Waals surface area contributed by atoms with Crippen LogP contribution in [0, 0.1) is 6.92 Å². The van der Waals surface area contributed by atoms with Gasteiger partial charge in [-0.25, -0.2) is 25.3 Å². The van der Waals surface area contributed by atoms with Crippen LogP contribution in [0.1, 0.15) is 5.56 Å². The summed E-state index contributed by atoms with van der Waals surface area (Å²) < 4.78 is 70.0. The van der Waals surface area contributed by atoms with E-state index < -0.39 is 40.4 Å². The molecule has 1 N–H and O–H groups in total. The highest BCUT2D eigenvalue weighted by molar-refractivity contribution is 8.13. The number of sulfonamides is 1. The lowest BCUT2D eigenvalue weighted by Gasteiger charge is -2.11. The zero-order chi connectivity index (χ0) is 16.5. The minimum atomic E-state index is -3.90. The molecule has 0 saturated carbocycles. The van der Waals surface area contributed by atoms with E-state index >= 15 is 0 Å². The molecule has 11 heteroatoms. The number of sulfone groups is 1. The quantitative estimate of drug-likeness (QED) is 0.732. The van der Waals surface area contributed by atoms with E-state index in [0.29, 0.717) is 5.56 Å². The summed E-state index contributed by atoms with van der Waals surface area (Å²) in [6.07, 6.45) is 0.938. The molecule has 1 aromatic carbocycles. The van der Waals surface area contributed by atoms with Gasteiger partial charge in [-0.1, -0.05) is 0 Å². The molecule has 1 rings (SSSR count). The van der Waals surface area contributed by atoms with E-state index in [0.717, 1.165) is 12.3 Å². The number of aryl methyl sites for hydroxylation is 1. The molecule has 0 aliphatic rings. The van der Waals surface area contributed by atoms with E-state index in [1.807, 2.05) is 0 Å². The number of halogens is 1. The molecule has 7 nitrogen and oxygen atoms in total. The molecule has 0 fully saturated rings. The molecule has 0 saturated heterocycles. The molecule has 0 spiro atoms. The third kappa shape index (κ3) is 6.20. The third-order valence-electron chi connectivity index (χ3n) is 2.47. The van der Waals surface area contributed by atoms with Crippen LogP contribution in [-0.2, 0) is 28.9 Å². The van der Waals surface area contributed by atoms with Crippen molar-refractivity contribution in [2.24, 2.45) is 0 Å². The number of anilines is 1. The van der Waals surface area contributed by atoms with Gasteiger partial charge >= 0.3 is 0 Å². The highest BCUT2D eigenvalue weighted by Crippen LogP contribution is 2.23. The zero-order valence-electron chi connectivity index (χ0n) is 11.2. The van der Waals surface area contributed by atoms with E-state index in [9.17, 15) is 25.3 Å². The Hall–Kier alpha value is -0.840. The Morgan fingerprint density at radius 3 is 2.05 bits per heavy atom. The maximum absolute atomic E-state index is 11.8. The molecule has 0 radical (unpaired) electrons. The van der Waals surface area contributed by atoms with Gasteiger partial charge in [0.25, 0.3) is 9.05 Å². The van der Waals surface area contributed by atoms with Gasteiger partial charge in [0.05, 0.1) is 22.1 Å². The Morgan fingerprint density at radius 1 is 1.05 bits per heavy atom. The summed E-state index contributed by atoms with van der Waals surface area (Å²) in [6, 6.07) is 3.63. The molecule has 120 valence electrons. The lowest BCUT2D eigenvalue weighted by molar-refractivity contribution is 0.593. The van der Waals surface area contributed by atoms with E-state index in [-0.39, 0.29) is 10.6 Å². The van der Waals surface area contributed by atoms with Crippen LogP contribution in [0.4, 0.5) is 5.69 Å². The molecule has 0 aliphatic heterocycles. The maximum Gasteiger partial charge on any atom is 0.261 e. The fraction of sp³-hybridized carbons (Fsp3) is 0.400. The second kappa shape index (κ2) is 6.11. The molecule has 1 aromatic rings. The van der Waals surface area contributed by atoms with Crippen LogP contribution in [0.15, 0.2) is 23.1 Å². The van der Waals surface area contributed by atoms with Crippen molar-refractivity contribution < 1.29 is 25.3 Å². The van der Waals surface area contributed by atoms with Crippen molar-refractivity contribution in [3.63, 3.8) is 0 Å². The van der Waals surface area contributed by atoms with Gasteiger partial charge in [-0.15, -0.1) is 0 Å². The van der Waals surface area contributed by atoms with Crippen molar-refractivity contribution >= 4 is 45.3 Å². The van der Waals surface area contributed by atoms with Crippen LogP contribution in [0.2, 0.25) is 0 Å². The molecular formula is C10H14ClNO6S3. The van der Waals surface area contributed by atoms with E-state index in [1.165, 1.54) is 19.1 Å². The zero-order valence-corrected chi connectivity index (χ0v) is 14.4. The van der Waals surface area contributed by atoms with Crippen LogP contribution in [0.5, 0.6) is 0 Å². The average Bonchev–Trinajstić information content (AvgIpc) is 2.27. The standard InChI is InChI=1S/C10H14ClNO6S3/c1-8-7-9(21(11,17)18)3-4-10(8)12-20(15,16)6-5-19(2,13)14/h3-4,7,12H,5-6H2,1-2H3. The first-order valence-corrected chi connectivity index (χ1v) is 11.6. The Bertz CT molecular complexity index is 843. The molecule has 21 heavy (non-hydrogen) atoms. The van der Waals surface area contributed by atoms with Gasteiger partial charge in [-0.3, -0.25) is 4.72 Å². The van der Waals surface area contributed by atoms with E-state index in [4.69, 9.17) is 10.7 Å². The van der Waals surface area contributed by atoms with Gasteiger partial charge in [0.2, 0.25) is 10.0 Å². The minimum absolute atomic E-state index is 0.152. The van der Waals surface area contributed by atoms with Crippen molar-refractivity contribution in [1.29, 1.82) is 0 Å². The Labute approximate surface area is 128 Å². The maximum atomic E-state index is 11.8. The van der Waals surface area contributed by atoms with Crippen molar-refractivity contribution in [3.05, 3.63) is 23.8 Å². The second-order valence-corrected chi connectivity index (χ2v) is 11.1. The first-order chi connectivity index (χ1) is 9.30. The van der Waals surface area contributed by atoms with Gasteiger partial charge in [0.1, 0.15) is 9.84 Å². The van der Waals surface area contributed by atoms with Gasteiger partial charge in [0, 0.05) is 16.9 Å². The second-order valence-electron chi connectivity index (χ2n) is 4.47. The van der Waals surface area contributed by atoms with Crippen molar-refractivity contribution in [1.82, 2.24) is 0 Å². The van der Waals surface area contributed by atoms with Crippen LogP contribution in [0.3, 0.4) is 0 Å². The van der Waals surface area contributed by atoms with Crippen LogP contribution >= 0.6 is 10.7 Å². The number of nitrogens with one attached hydrogen (secondary N) is 1. The summed E-state index contributed by atoms with van der Waals surface area (Å²) in [7, 11) is -5.97. The fourth-order valence-corrected chi connectivity index (χ4v) is 4.97. The molecule has 0 amide bonds. The fourth-order valence-electron chi connectivity index (χ4n) is 1.38. The minimum Gasteiger partial charge on any atom is -0.283 e. The molecule has 0 aliphatic carbocycles. The SMILES string of the molecule is Cc1cc(S(=O)(=O)Cl)ccc1NS(=O)(=O)CCS(C)(=O)=O. The third-order valence-corrected chi connectivity index (χ3v) is 6.30. The molecular weight excluding hydrogens is 362 g/mol. The molecule has 0 bridgehead atoms. The Kier molecular flexibility index (Phi) is 5.30. The van der Waals surface area contributed by atoms with E-state index in [2.05, 4.69) is 4.72 Å². The monoisotopic (exact) mass is 375 g/mol. The topological polar surface area (TPSA) is 114 Å². The molecule has 0 unspecified atom stereocenters. The van der Waals surface area contributed by atoms with Crippen molar-refractivity contribution in [3.8, 4) is 0 Å². The van der Waals surface area contributed by atoms with Crippen molar-refractivity contribution in [2.75, 3.05) is 22.5 Å². The predicted octanol–water partition coefficient (Wildman–Crippen LogP) is 0.709. The van der Waals surface area contributed by atoms with Gasteiger partial charge in [0.15, 0.2) is 0 Å².